The molecular weight excluding hydrogens is 416 g/mol. The number of H-pyrrole nitrogens is 1. The van der Waals surface area contributed by atoms with Crippen LogP contribution in [0.4, 0.5) is 5.69 Å². The molecule has 5 rings (SSSR count). The van der Waals surface area contributed by atoms with Gasteiger partial charge in [-0.15, -0.1) is 5.10 Å². The number of nitrogens with one attached hydrogen (secondary N) is 1. The van der Waals surface area contributed by atoms with Gasteiger partial charge in [-0.2, -0.15) is 4.98 Å². The summed E-state index contributed by atoms with van der Waals surface area (Å²) < 4.78 is 28.1. The van der Waals surface area contributed by atoms with Crippen LogP contribution in [0.15, 0.2) is 51.1 Å². The van der Waals surface area contributed by atoms with E-state index in [0.717, 1.165) is 30.8 Å². The van der Waals surface area contributed by atoms with Gasteiger partial charge in [-0.3, -0.25) is 4.79 Å². The van der Waals surface area contributed by atoms with Crippen molar-refractivity contribution in [2.75, 3.05) is 18.0 Å². The van der Waals surface area contributed by atoms with Crippen molar-refractivity contribution in [3.05, 3.63) is 57.9 Å². The summed E-state index contributed by atoms with van der Waals surface area (Å²) in [6.07, 6.45) is 0.895. The summed E-state index contributed by atoms with van der Waals surface area (Å²) in [6.45, 7) is 5.18. The number of nitrogens with zero attached hydrogens (tertiary/aromatic N) is 4. The minimum absolute atomic E-state index is 0.0206. The first-order chi connectivity index (χ1) is 14.8. The van der Waals surface area contributed by atoms with Crippen LogP contribution in [-0.4, -0.2) is 47.4 Å². The van der Waals surface area contributed by atoms with Gasteiger partial charge in [-0.25, -0.2) is 18.1 Å². The van der Waals surface area contributed by atoms with Gasteiger partial charge >= 0.3 is 0 Å². The number of nitrogens with two attached hydrogens (primary N) is 1. The van der Waals surface area contributed by atoms with Crippen molar-refractivity contribution in [1.82, 2.24) is 19.8 Å². The zero-order valence-corrected chi connectivity index (χ0v) is 18.0. The largest absolute Gasteiger partial charge is 0.370 e. The third kappa shape index (κ3) is 3.10. The van der Waals surface area contributed by atoms with Gasteiger partial charge in [0, 0.05) is 24.8 Å². The van der Waals surface area contributed by atoms with E-state index in [0.29, 0.717) is 16.5 Å². The summed E-state index contributed by atoms with van der Waals surface area (Å²) in [4.78, 5) is 19.0. The zero-order chi connectivity index (χ0) is 21.9. The molecule has 0 bridgehead atoms. The quantitative estimate of drug-likeness (QED) is 0.497. The van der Waals surface area contributed by atoms with Crippen LogP contribution in [0.2, 0.25) is 0 Å². The predicted octanol–water partition coefficient (Wildman–Crippen LogP) is 1.56. The van der Waals surface area contributed by atoms with E-state index in [-0.39, 0.29) is 21.6 Å². The van der Waals surface area contributed by atoms with Crippen LogP contribution in [0, 0.1) is 13.8 Å². The van der Waals surface area contributed by atoms with Crippen LogP contribution in [0.3, 0.4) is 0 Å². The molecule has 3 N–H and O–H groups in total. The van der Waals surface area contributed by atoms with Gasteiger partial charge in [0.15, 0.2) is 5.65 Å². The number of sulfone groups is 1. The normalized spacial score (nSPS) is 17.1. The van der Waals surface area contributed by atoms with E-state index >= 15 is 0 Å². The molecular formula is C21H22N6O3S. The Morgan fingerprint density at radius 2 is 1.97 bits per heavy atom. The minimum atomic E-state index is -3.98. The van der Waals surface area contributed by atoms with Gasteiger partial charge in [0.2, 0.25) is 14.9 Å². The van der Waals surface area contributed by atoms with Crippen molar-refractivity contribution < 1.29 is 8.42 Å². The number of fused-ring (bicyclic) bond motifs is 3. The Hall–Kier alpha value is -3.24. The summed E-state index contributed by atoms with van der Waals surface area (Å²) in [5, 5.41) is 6.89. The molecule has 0 unspecified atom stereocenters. The number of hydrogen-bond acceptors (Lipinski definition) is 7. The number of anilines is 1. The van der Waals surface area contributed by atoms with Gasteiger partial charge in [0.25, 0.3) is 5.56 Å². The topological polar surface area (TPSA) is 126 Å². The van der Waals surface area contributed by atoms with Crippen molar-refractivity contribution in [3.63, 3.8) is 0 Å². The number of benzene rings is 2. The van der Waals surface area contributed by atoms with Gasteiger partial charge in [0.1, 0.15) is 0 Å². The van der Waals surface area contributed by atoms with E-state index in [9.17, 15) is 13.2 Å². The number of aromatic nitrogens is 4. The summed E-state index contributed by atoms with van der Waals surface area (Å²) in [6, 6.07) is 10.6. The lowest BCUT2D eigenvalue weighted by Crippen LogP contribution is -2.26. The Morgan fingerprint density at radius 1 is 1.16 bits per heavy atom. The lowest BCUT2D eigenvalue weighted by atomic mass is 10.2. The molecule has 1 saturated heterocycles. The third-order valence-corrected chi connectivity index (χ3v) is 7.60. The molecule has 4 aromatic rings. The van der Waals surface area contributed by atoms with Crippen LogP contribution in [-0.2, 0) is 9.84 Å². The Labute approximate surface area is 178 Å². The van der Waals surface area contributed by atoms with Crippen LogP contribution in [0.5, 0.6) is 0 Å². The number of aromatic amines is 1. The minimum Gasteiger partial charge on any atom is -0.370 e. The molecule has 31 heavy (non-hydrogen) atoms. The predicted molar refractivity (Wildman–Crippen MR) is 117 cm³/mol. The lowest BCUT2D eigenvalue weighted by molar-refractivity contribution is 0.592. The standard InChI is InChI=1S/C21H22N6O3S/c1-12-3-6-18(13(2)9-12)31(29,30)21-19-23-20(28)16-5-4-15(26-8-7-14(22)11-26)10-17(16)27(19)25-24-21/h3-6,9-10,14,25H,7-8,11,22H2,1-2H3/t14-/m1/s1. The van der Waals surface area contributed by atoms with Crippen LogP contribution in [0.25, 0.3) is 16.6 Å². The monoisotopic (exact) mass is 438 g/mol. The Kier molecular flexibility index (Phi) is 4.38. The van der Waals surface area contributed by atoms with Crippen molar-refractivity contribution in [2.24, 2.45) is 5.73 Å². The highest BCUT2D eigenvalue weighted by molar-refractivity contribution is 7.91. The molecule has 0 saturated carbocycles. The summed E-state index contributed by atoms with van der Waals surface area (Å²) >= 11 is 0. The summed E-state index contributed by atoms with van der Waals surface area (Å²) in [7, 11) is -3.98. The molecule has 0 amide bonds. The maximum atomic E-state index is 13.3. The average molecular weight is 439 g/mol. The molecule has 1 atom stereocenters. The molecule has 160 valence electrons. The Balaban J connectivity index is 1.72. The highest BCUT2D eigenvalue weighted by Gasteiger charge is 2.28. The van der Waals surface area contributed by atoms with Crippen molar-refractivity contribution in [3.8, 4) is 0 Å². The third-order valence-electron chi connectivity index (χ3n) is 5.78. The van der Waals surface area contributed by atoms with Crippen LogP contribution >= 0.6 is 0 Å². The van der Waals surface area contributed by atoms with Crippen LogP contribution in [0.1, 0.15) is 17.5 Å². The Bertz CT molecular complexity index is 1510. The maximum Gasteiger partial charge on any atom is 0.281 e. The molecule has 9 nitrogen and oxygen atoms in total. The molecule has 2 aromatic carbocycles. The smallest absolute Gasteiger partial charge is 0.281 e. The van der Waals surface area contributed by atoms with Gasteiger partial charge in [0.05, 0.1) is 15.8 Å². The molecule has 3 heterocycles. The molecule has 0 aliphatic carbocycles. The second-order valence-corrected chi connectivity index (χ2v) is 9.89. The fourth-order valence-corrected chi connectivity index (χ4v) is 5.68. The van der Waals surface area contributed by atoms with E-state index in [2.05, 4.69) is 20.2 Å². The number of hydrogen-bond donors (Lipinski definition) is 2. The average Bonchev–Trinajstić information content (AvgIpc) is 3.34. The van der Waals surface area contributed by atoms with Gasteiger partial charge in [-0.05, 0) is 50.1 Å². The van der Waals surface area contributed by atoms with Crippen molar-refractivity contribution in [1.29, 1.82) is 0 Å². The number of rotatable bonds is 3. The van der Waals surface area contributed by atoms with Crippen molar-refractivity contribution in [2.45, 2.75) is 36.2 Å². The van der Waals surface area contributed by atoms with E-state index < -0.39 is 15.4 Å². The molecule has 2 aromatic heterocycles. The molecule has 1 fully saturated rings. The number of aryl methyl sites for hydroxylation is 2. The molecule has 0 radical (unpaired) electrons. The second-order valence-electron chi connectivity index (χ2n) is 8.06. The van der Waals surface area contributed by atoms with E-state index in [1.807, 2.05) is 19.1 Å². The maximum absolute atomic E-state index is 13.3. The zero-order valence-electron chi connectivity index (χ0n) is 17.2. The Morgan fingerprint density at radius 3 is 2.68 bits per heavy atom. The highest BCUT2D eigenvalue weighted by Crippen LogP contribution is 2.28. The summed E-state index contributed by atoms with van der Waals surface area (Å²) in [5.41, 5.74) is 8.50. The first-order valence-corrected chi connectivity index (χ1v) is 11.5. The van der Waals surface area contributed by atoms with E-state index in [4.69, 9.17) is 5.73 Å². The molecule has 1 aliphatic rings. The van der Waals surface area contributed by atoms with E-state index in [1.165, 1.54) is 4.52 Å². The fourth-order valence-electron chi connectivity index (χ4n) is 4.20. The second kappa shape index (κ2) is 6.89. The van der Waals surface area contributed by atoms with Gasteiger partial charge < -0.3 is 10.6 Å². The SMILES string of the molecule is Cc1ccc(S(=O)(=O)c2n[nH]n3c2nc(=O)c2ccc(N4CC[C@@H](N)C4)cc23)c(C)c1. The lowest BCUT2D eigenvalue weighted by Gasteiger charge is -2.18. The fraction of sp³-hybridized carbons (Fsp3) is 0.286. The summed E-state index contributed by atoms with van der Waals surface area (Å²) in [5.74, 6) is 0. The first kappa shape index (κ1) is 19.7. The van der Waals surface area contributed by atoms with Crippen molar-refractivity contribution >= 4 is 32.1 Å². The molecule has 1 aliphatic heterocycles. The van der Waals surface area contributed by atoms with Gasteiger partial charge in [-0.1, -0.05) is 17.7 Å². The molecule has 10 heteroatoms. The first-order valence-electron chi connectivity index (χ1n) is 9.99. The molecule has 0 spiro atoms. The van der Waals surface area contributed by atoms with Crippen LogP contribution < -0.4 is 16.2 Å². The highest BCUT2D eigenvalue weighted by atomic mass is 32.2. The van der Waals surface area contributed by atoms with E-state index in [1.54, 1.807) is 31.2 Å².